The molecule has 162 valence electrons. The lowest BCUT2D eigenvalue weighted by Gasteiger charge is -2.20. The van der Waals surface area contributed by atoms with Crippen LogP contribution in [0.2, 0.25) is 5.02 Å². The number of nitrogens with zero attached hydrogens (tertiary/aromatic N) is 1. The molecule has 2 aromatic rings. The molecule has 2 heterocycles. The molecule has 1 saturated heterocycles. The van der Waals surface area contributed by atoms with Crippen molar-refractivity contribution in [1.29, 1.82) is 0 Å². The number of thiophene rings is 1. The number of amides is 1. The first-order chi connectivity index (χ1) is 14.4. The van der Waals surface area contributed by atoms with E-state index in [4.69, 9.17) is 16.3 Å². The summed E-state index contributed by atoms with van der Waals surface area (Å²) < 4.78 is 32.4. The van der Waals surface area contributed by atoms with Crippen LogP contribution in [0.5, 0.6) is 0 Å². The Morgan fingerprint density at radius 3 is 2.53 bits per heavy atom. The second kappa shape index (κ2) is 10.4. The fourth-order valence-electron chi connectivity index (χ4n) is 3.13. The molecule has 1 N–H and O–H groups in total. The second-order valence-electron chi connectivity index (χ2n) is 6.92. The van der Waals surface area contributed by atoms with Crippen LogP contribution in [0.25, 0.3) is 0 Å². The van der Waals surface area contributed by atoms with Gasteiger partial charge in [-0.15, -0.1) is 11.3 Å². The predicted octanol–water partition coefficient (Wildman–Crippen LogP) is 3.69. The first-order valence-corrected chi connectivity index (χ1v) is 12.3. The standard InChI is InChI=1S/C20H23ClN2O5S2/c21-17-8-7-16(30(26,27)23-9-3-1-2-4-10-23)13-18(17)22-19(24)14-28-20(25)12-15-6-5-11-29-15/h5-8,11,13H,1-4,9-10,12,14H2,(H,22,24). The molecule has 10 heteroatoms. The van der Waals surface area contributed by atoms with Crippen LogP contribution >= 0.6 is 22.9 Å². The quantitative estimate of drug-likeness (QED) is 0.623. The molecule has 3 rings (SSSR count). The van der Waals surface area contributed by atoms with Crippen molar-refractivity contribution in [2.75, 3.05) is 25.0 Å². The largest absolute Gasteiger partial charge is 0.455 e. The van der Waals surface area contributed by atoms with Crippen LogP contribution in [0, 0.1) is 0 Å². The van der Waals surface area contributed by atoms with E-state index >= 15 is 0 Å². The molecule has 0 radical (unpaired) electrons. The molecule has 0 unspecified atom stereocenters. The minimum absolute atomic E-state index is 0.0683. The zero-order valence-electron chi connectivity index (χ0n) is 16.3. The lowest BCUT2D eigenvalue weighted by molar-refractivity contribution is -0.146. The molecule has 0 aliphatic carbocycles. The van der Waals surface area contributed by atoms with Crippen molar-refractivity contribution < 1.29 is 22.7 Å². The highest BCUT2D eigenvalue weighted by molar-refractivity contribution is 7.89. The molecule has 1 fully saturated rings. The van der Waals surface area contributed by atoms with E-state index in [0.717, 1.165) is 30.6 Å². The lowest BCUT2D eigenvalue weighted by Crippen LogP contribution is -2.32. The Balaban J connectivity index is 1.63. The number of carbonyl (C=O) groups excluding carboxylic acids is 2. The van der Waals surface area contributed by atoms with Gasteiger partial charge in [0.05, 0.1) is 22.0 Å². The van der Waals surface area contributed by atoms with Gasteiger partial charge in [0.1, 0.15) is 0 Å². The van der Waals surface area contributed by atoms with Crippen LogP contribution in [0.3, 0.4) is 0 Å². The van der Waals surface area contributed by atoms with Gasteiger partial charge in [-0.2, -0.15) is 4.31 Å². The van der Waals surface area contributed by atoms with Gasteiger partial charge in [0.25, 0.3) is 5.91 Å². The number of halogens is 1. The Kier molecular flexibility index (Phi) is 7.87. The van der Waals surface area contributed by atoms with Gasteiger partial charge in [-0.1, -0.05) is 30.5 Å². The zero-order chi connectivity index (χ0) is 21.6. The topological polar surface area (TPSA) is 92.8 Å². The predicted molar refractivity (Wildman–Crippen MR) is 116 cm³/mol. The van der Waals surface area contributed by atoms with Crippen LogP contribution in [0.4, 0.5) is 5.69 Å². The number of hydrogen-bond donors (Lipinski definition) is 1. The van der Waals surface area contributed by atoms with Gasteiger partial charge in [-0.3, -0.25) is 9.59 Å². The molecular weight excluding hydrogens is 448 g/mol. The first kappa shape index (κ1) is 22.7. The van der Waals surface area contributed by atoms with E-state index in [1.54, 1.807) is 0 Å². The van der Waals surface area contributed by atoms with Crippen molar-refractivity contribution in [1.82, 2.24) is 4.31 Å². The second-order valence-corrected chi connectivity index (χ2v) is 10.3. The summed E-state index contributed by atoms with van der Waals surface area (Å²) >= 11 is 7.56. The summed E-state index contributed by atoms with van der Waals surface area (Å²) in [7, 11) is -3.68. The molecule has 0 spiro atoms. The summed E-state index contributed by atoms with van der Waals surface area (Å²) in [4.78, 5) is 24.9. The number of nitrogens with one attached hydrogen (secondary N) is 1. The molecular formula is C20H23ClN2O5S2. The number of benzene rings is 1. The third-order valence-corrected chi connectivity index (χ3v) is 7.78. The van der Waals surface area contributed by atoms with Gasteiger partial charge < -0.3 is 10.1 Å². The van der Waals surface area contributed by atoms with Gasteiger partial charge in [0.2, 0.25) is 10.0 Å². The third-order valence-electron chi connectivity index (χ3n) is 4.68. The number of sulfonamides is 1. The van der Waals surface area contributed by atoms with E-state index in [9.17, 15) is 18.0 Å². The number of ether oxygens (including phenoxy) is 1. The van der Waals surface area contributed by atoms with E-state index in [1.807, 2.05) is 17.5 Å². The Labute approximate surface area is 185 Å². The molecule has 0 saturated carbocycles. The van der Waals surface area contributed by atoms with Crippen LogP contribution in [0.15, 0.2) is 40.6 Å². The summed E-state index contributed by atoms with van der Waals surface area (Å²) in [6.45, 7) is 0.476. The molecule has 1 amide bonds. The molecule has 0 atom stereocenters. The SMILES string of the molecule is O=C(COC(=O)Cc1cccs1)Nc1cc(S(=O)(=O)N2CCCCCC2)ccc1Cl. The van der Waals surface area contributed by atoms with Crippen molar-refractivity contribution in [2.45, 2.75) is 37.0 Å². The number of esters is 1. The fourth-order valence-corrected chi connectivity index (χ4v) is 5.53. The Bertz CT molecular complexity index is 985. The molecule has 0 bridgehead atoms. The molecule has 1 aliphatic heterocycles. The van der Waals surface area contributed by atoms with Crippen LogP contribution in [-0.2, 0) is 30.8 Å². The Hall–Kier alpha value is -1.94. The summed E-state index contributed by atoms with van der Waals surface area (Å²) in [5.41, 5.74) is 0.159. The van der Waals surface area contributed by atoms with E-state index in [1.165, 1.54) is 33.8 Å². The minimum Gasteiger partial charge on any atom is -0.455 e. The lowest BCUT2D eigenvalue weighted by atomic mass is 10.2. The van der Waals surface area contributed by atoms with Gasteiger partial charge in [0, 0.05) is 18.0 Å². The van der Waals surface area contributed by atoms with E-state index in [2.05, 4.69) is 5.32 Å². The van der Waals surface area contributed by atoms with Gasteiger partial charge >= 0.3 is 5.97 Å². The van der Waals surface area contributed by atoms with E-state index < -0.39 is 28.5 Å². The summed E-state index contributed by atoms with van der Waals surface area (Å²) in [6, 6.07) is 7.84. The van der Waals surface area contributed by atoms with Crippen LogP contribution in [0.1, 0.15) is 30.6 Å². The minimum atomic E-state index is -3.68. The number of anilines is 1. The Morgan fingerprint density at radius 1 is 1.13 bits per heavy atom. The Morgan fingerprint density at radius 2 is 1.87 bits per heavy atom. The number of hydrogen-bond acceptors (Lipinski definition) is 6. The van der Waals surface area contributed by atoms with Crippen molar-refractivity contribution in [2.24, 2.45) is 0 Å². The van der Waals surface area contributed by atoms with Gasteiger partial charge in [-0.05, 0) is 42.5 Å². The van der Waals surface area contributed by atoms with Crippen LogP contribution in [-0.4, -0.2) is 44.3 Å². The summed E-state index contributed by atoms with van der Waals surface area (Å²) in [5.74, 6) is -1.11. The van der Waals surface area contributed by atoms with E-state index in [-0.39, 0.29) is 22.0 Å². The monoisotopic (exact) mass is 470 g/mol. The molecule has 1 aliphatic rings. The first-order valence-electron chi connectivity index (χ1n) is 9.64. The number of carbonyl (C=O) groups is 2. The van der Waals surface area contributed by atoms with Crippen LogP contribution < -0.4 is 5.32 Å². The maximum atomic E-state index is 13.0. The highest BCUT2D eigenvalue weighted by Crippen LogP contribution is 2.28. The highest BCUT2D eigenvalue weighted by atomic mass is 35.5. The molecule has 1 aromatic heterocycles. The molecule has 7 nitrogen and oxygen atoms in total. The van der Waals surface area contributed by atoms with Gasteiger partial charge in [-0.25, -0.2) is 8.42 Å². The van der Waals surface area contributed by atoms with E-state index in [0.29, 0.717) is 13.1 Å². The van der Waals surface area contributed by atoms with Crippen molar-refractivity contribution in [3.63, 3.8) is 0 Å². The molecule has 30 heavy (non-hydrogen) atoms. The van der Waals surface area contributed by atoms with Crippen molar-refractivity contribution >= 4 is 50.5 Å². The number of rotatable bonds is 7. The summed E-state index contributed by atoms with van der Waals surface area (Å²) in [6.07, 6.45) is 3.77. The maximum absolute atomic E-state index is 13.0. The average Bonchev–Trinajstić information content (AvgIpc) is 3.06. The highest BCUT2D eigenvalue weighted by Gasteiger charge is 2.26. The van der Waals surface area contributed by atoms with Crippen molar-refractivity contribution in [3.05, 3.63) is 45.6 Å². The third kappa shape index (κ3) is 6.04. The average molecular weight is 471 g/mol. The smallest absolute Gasteiger partial charge is 0.311 e. The fraction of sp³-hybridized carbons (Fsp3) is 0.400. The zero-order valence-corrected chi connectivity index (χ0v) is 18.7. The summed E-state index contributed by atoms with van der Waals surface area (Å²) in [5, 5.41) is 4.57. The maximum Gasteiger partial charge on any atom is 0.311 e. The normalized spacial score (nSPS) is 15.4. The van der Waals surface area contributed by atoms with Crippen molar-refractivity contribution in [3.8, 4) is 0 Å². The molecule has 1 aromatic carbocycles. The van der Waals surface area contributed by atoms with Gasteiger partial charge in [0.15, 0.2) is 6.61 Å².